The summed E-state index contributed by atoms with van der Waals surface area (Å²) in [6.07, 6.45) is 3.56. The van der Waals surface area contributed by atoms with Gasteiger partial charge in [-0.1, -0.05) is 31.5 Å². The lowest BCUT2D eigenvalue weighted by molar-refractivity contribution is 0.238. The second kappa shape index (κ2) is 6.04. The Hall–Kier alpha value is -1.23. The highest BCUT2D eigenvalue weighted by Gasteiger charge is 2.29. The van der Waals surface area contributed by atoms with E-state index in [4.69, 9.17) is 10.9 Å². The fourth-order valence-electron chi connectivity index (χ4n) is 2.72. The predicted octanol–water partition coefficient (Wildman–Crippen LogP) is 3.56. The summed E-state index contributed by atoms with van der Waals surface area (Å²) in [6, 6.07) is 5.94. The van der Waals surface area contributed by atoms with Crippen LogP contribution >= 0.6 is 15.9 Å². The maximum atomic E-state index is 8.98. The molecule has 0 aliphatic carbocycles. The van der Waals surface area contributed by atoms with E-state index < -0.39 is 0 Å². The van der Waals surface area contributed by atoms with Gasteiger partial charge < -0.3 is 15.8 Å². The molecule has 0 bridgehead atoms. The van der Waals surface area contributed by atoms with Crippen LogP contribution in [0.15, 0.2) is 27.8 Å². The first-order valence-corrected chi connectivity index (χ1v) is 7.81. The lowest BCUT2D eigenvalue weighted by atomic mass is 9.78. The SMILES string of the molecule is CCC1(C)CCN(c2cccc(Br)c2/C(N)=N/O)CC1. The number of piperidine rings is 1. The number of nitrogens with zero attached hydrogens (tertiary/aromatic N) is 2. The van der Waals surface area contributed by atoms with Gasteiger partial charge in [-0.2, -0.15) is 0 Å². The number of anilines is 1. The van der Waals surface area contributed by atoms with E-state index in [1.807, 2.05) is 18.2 Å². The summed E-state index contributed by atoms with van der Waals surface area (Å²) >= 11 is 3.49. The normalized spacial score (nSPS) is 19.1. The topological polar surface area (TPSA) is 61.8 Å². The van der Waals surface area contributed by atoms with Crippen molar-refractivity contribution in [2.75, 3.05) is 18.0 Å². The summed E-state index contributed by atoms with van der Waals surface area (Å²) in [5.41, 5.74) is 8.08. The molecule has 4 nitrogen and oxygen atoms in total. The molecule has 2 rings (SSSR count). The number of amidine groups is 1. The van der Waals surface area contributed by atoms with Crippen LogP contribution in [0.3, 0.4) is 0 Å². The summed E-state index contributed by atoms with van der Waals surface area (Å²) < 4.78 is 0.856. The molecule has 0 amide bonds. The molecule has 0 unspecified atom stereocenters. The maximum absolute atomic E-state index is 8.98. The third-order valence-electron chi connectivity index (χ3n) is 4.52. The van der Waals surface area contributed by atoms with Crippen LogP contribution in [0.2, 0.25) is 0 Å². The number of benzene rings is 1. The molecule has 0 saturated carbocycles. The maximum Gasteiger partial charge on any atom is 0.173 e. The molecule has 1 fully saturated rings. The molecule has 110 valence electrons. The summed E-state index contributed by atoms with van der Waals surface area (Å²) in [5, 5.41) is 12.1. The van der Waals surface area contributed by atoms with Crippen molar-refractivity contribution in [3.05, 3.63) is 28.2 Å². The van der Waals surface area contributed by atoms with Crippen LogP contribution in [0.5, 0.6) is 0 Å². The molecule has 3 N–H and O–H groups in total. The Morgan fingerprint density at radius 1 is 1.45 bits per heavy atom. The average Bonchev–Trinajstić information content (AvgIpc) is 2.47. The quantitative estimate of drug-likeness (QED) is 0.383. The summed E-state index contributed by atoms with van der Waals surface area (Å²) in [6.45, 7) is 6.63. The van der Waals surface area contributed by atoms with Crippen molar-refractivity contribution in [2.24, 2.45) is 16.3 Å². The van der Waals surface area contributed by atoms with Gasteiger partial charge >= 0.3 is 0 Å². The second-order valence-electron chi connectivity index (χ2n) is 5.77. The molecule has 5 heteroatoms. The van der Waals surface area contributed by atoms with Gasteiger partial charge in [-0.3, -0.25) is 0 Å². The fraction of sp³-hybridized carbons (Fsp3) is 0.533. The van der Waals surface area contributed by atoms with Gasteiger partial charge in [0, 0.05) is 23.2 Å². The molecule has 1 aliphatic rings. The van der Waals surface area contributed by atoms with Gasteiger partial charge in [-0.25, -0.2) is 0 Å². The number of nitrogens with two attached hydrogens (primary N) is 1. The fourth-order valence-corrected chi connectivity index (χ4v) is 3.28. The van der Waals surface area contributed by atoms with Crippen LogP contribution in [0.25, 0.3) is 0 Å². The average molecular weight is 340 g/mol. The van der Waals surface area contributed by atoms with E-state index in [2.05, 4.69) is 39.8 Å². The Morgan fingerprint density at radius 3 is 2.65 bits per heavy atom. The number of oxime groups is 1. The van der Waals surface area contributed by atoms with Crippen molar-refractivity contribution in [1.82, 2.24) is 0 Å². The molecule has 1 aromatic carbocycles. The molecule has 0 atom stereocenters. The number of halogens is 1. The van der Waals surface area contributed by atoms with Gasteiger partial charge in [0.05, 0.1) is 5.56 Å². The van der Waals surface area contributed by atoms with Crippen molar-refractivity contribution in [2.45, 2.75) is 33.1 Å². The molecule has 1 saturated heterocycles. The molecule has 0 radical (unpaired) electrons. The van der Waals surface area contributed by atoms with Crippen molar-refractivity contribution >= 4 is 27.5 Å². The van der Waals surface area contributed by atoms with Crippen molar-refractivity contribution in [1.29, 1.82) is 0 Å². The minimum absolute atomic E-state index is 0.149. The largest absolute Gasteiger partial charge is 0.409 e. The Bertz CT molecular complexity index is 508. The monoisotopic (exact) mass is 339 g/mol. The highest BCUT2D eigenvalue weighted by Crippen LogP contribution is 2.37. The molecule has 20 heavy (non-hydrogen) atoms. The molecular weight excluding hydrogens is 318 g/mol. The van der Waals surface area contributed by atoms with Crippen LogP contribution in [-0.2, 0) is 0 Å². The molecular formula is C15H22BrN3O. The van der Waals surface area contributed by atoms with Crippen molar-refractivity contribution < 1.29 is 5.21 Å². The van der Waals surface area contributed by atoms with Crippen LogP contribution < -0.4 is 10.6 Å². The summed E-state index contributed by atoms with van der Waals surface area (Å²) in [4.78, 5) is 2.33. The third-order valence-corrected chi connectivity index (χ3v) is 5.18. The Kier molecular flexibility index (Phi) is 4.58. The van der Waals surface area contributed by atoms with Crippen molar-refractivity contribution in [3.63, 3.8) is 0 Å². The lowest BCUT2D eigenvalue weighted by Gasteiger charge is -2.40. The highest BCUT2D eigenvalue weighted by atomic mass is 79.9. The zero-order valence-corrected chi connectivity index (χ0v) is 13.7. The lowest BCUT2D eigenvalue weighted by Crippen LogP contribution is -2.39. The second-order valence-corrected chi connectivity index (χ2v) is 6.62. The highest BCUT2D eigenvalue weighted by molar-refractivity contribution is 9.10. The Morgan fingerprint density at radius 2 is 2.10 bits per heavy atom. The number of hydrogen-bond donors (Lipinski definition) is 2. The van der Waals surface area contributed by atoms with Gasteiger partial charge in [0.2, 0.25) is 0 Å². The zero-order chi connectivity index (χ0) is 14.8. The van der Waals surface area contributed by atoms with E-state index in [0.29, 0.717) is 5.41 Å². The first-order valence-electron chi connectivity index (χ1n) is 7.02. The van der Waals surface area contributed by atoms with Gasteiger partial charge in [-0.15, -0.1) is 0 Å². The van der Waals surface area contributed by atoms with Gasteiger partial charge in [-0.05, 0) is 46.3 Å². The van der Waals surface area contributed by atoms with E-state index >= 15 is 0 Å². The number of rotatable bonds is 3. The molecule has 1 aromatic rings. The van der Waals surface area contributed by atoms with E-state index in [9.17, 15) is 0 Å². The van der Waals surface area contributed by atoms with E-state index in [0.717, 1.165) is 28.8 Å². The Balaban J connectivity index is 2.29. The van der Waals surface area contributed by atoms with Gasteiger partial charge in [0.25, 0.3) is 0 Å². The third kappa shape index (κ3) is 2.92. The first-order chi connectivity index (χ1) is 9.50. The van der Waals surface area contributed by atoms with Crippen molar-refractivity contribution in [3.8, 4) is 0 Å². The first kappa shape index (κ1) is 15.2. The van der Waals surface area contributed by atoms with Gasteiger partial charge in [0.1, 0.15) is 0 Å². The van der Waals surface area contributed by atoms with E-state index in [1.165, 1.54) is 19.3 Å². The minimum atomic E-state index is 0.149. The zero-order valence-electron chi connectivity index (χ0n) is 12.1. The number of hydrogen-bond acceptors (Lipinski definition) is 3. The van der Waals surface area contributed by atoms with E-state index in [-0.39, 0.29) is 5.84 Å². The molecule has 0 aromatic heterocycles. The van der Waals surface area contributed by atoms with Crippen LogP contribution in [0.4, 0.5) is 5.69 Å². The summed E-state index contributed by atoms with van der Waals surface area (Å²) in [7, 11) is 0. The van der Waals surface area contributed by atoms with Gasteiger partial charge in [0.15, 0.2) is 5.84 Å². The predicted molar refractivity (Wildman–Crippen MR) is 86.5 cm³/mol. The standard InChI is InChI=1S/C15H22BrN3O/c1-3-15(2)7-9-19(10-8-15)12-6-4-5-11(16)13(12)14(17)18-20/h4-6,20H,3,7-10H2,1-2H3,(H2,17,18). The van der Waals surface area contributed by atoms with Crippen LogP contribution in [0, 0.1) is 5.41 Å². The smallest absolute Gasteiger partial charge is 0.173 e. The van der Waals surface area contributed by atoms with Crippen LogP contribution in [-0.4, -0.2) is 24.1 Å². The molecule has 1 aliphatic heterocycles. The van der Waals surface area contributed by atoms with E-state index in [1.54, 1.807) is 0 Å². The molecule has 1 heterocycles. The summed E-state index contributed by atoms with van der Waals surface area (Å²) in [5.74, 6) is 0.149. The minimum Gasteiger partial charge on any atom is -0.409 e. The Labute approximate surface area is 128 Å². The van der Waals surface area contributed by atoms with Crippen LogP contribution in [0.1, 0.15) is 38.7 Å². The molecule has 0 spiro atoms.